The van der Waals surface area contributed by atoms with Crippen molar-refractivity contribution < 1.29 is 4.79 Å². The summed E-state index contributed by atoms with van der Waals surface area (Å²) in [4.78, 5) is 11.7. The van der Waals surface area contributed by atoms with Crippen LogP contribution in [-0.4, -0.2) is 5.78 Å². The number of rotatable bonds is 0. The Morgan fingerprint density at radius 3 is 2.85 bits per heavy atom. The van der Waals surface area contributed by atoms with Gasteiger partial charge in [-0.05, 0) is 37.5 Å². The largest absolute Gasteiger partial charge is 0.299 e. The fraction of sp³-hybridized carbons (Fsp3) is 0.750. The molecule has 2 aliphatic rings. The molecule has 2 fully saturated rings. The molecule has 13 heavy (non-hydrogen) atoms. The lowest BCUT2D eigenvalue weighted by Gasteiger charge is -2.45. The molecule has 72 valence electrons. The summed E-state index contributed by atoms with van der Waals surface area (Å²) in [6.45, 7) is 6.40. The van der Waals surface area contributed by atoms with Crippen molar-refractivity contribution >= 4 is 5.78 Å². The second-order valence-corrected chi connectivity index (χ2v) is 4.79. The SMILES string of the molecule is C=C1CCC[C@H]2C(=O)CCC[C@]12C. The fourth-order valence-electron chi connectivity index (χ4n) is 3.04. The molecule has 1 heteroatoms. The molecule has 0 aromatic rings. The molecule has 0 saturated heterocycles. The van der Waals surface area contributed by atoms with Crippen molar-refractivity contribution in [1.29, 1.82) is 0 Å². The molecule has 0 radical (unpaired) electrons. The maximum atomic E-state index is 11.7. The van der Waals surface area contributed by atoms with Gasteiger partial charge >= 0.3 is 0 Å². The first-order chi connectivity index (χ1) is 6.14. The van der Waals surface area contributed by atoms with E-state index < -0.39 is 0 Å². The number of allylic oxidation sites excluding steroid dienone is 1. The lowest BCUT2D eigenvalue weighted by molar-refractivity contribution is -0.129. The number of carbonyl (C=O) groups is 1. The smallest absolute Gasteiger partial charge is 0.136 e. The average Bonchev–Trinajstić information content (AvgIpc) is 2.08. The van der Waals surface area contributed by atoms with Gasteiger partial charge in [0, 0.05) is 12.3 Å². The first kappa shape index (κ1) is 8.98. The summed E-state index contributed by atoms with van der Waals surface area (Å²) in [6, 6.07) is 0. The van der Waals surface area contributed by atoms with E-state index in [1.165, 1.54) is 18.4 Å². The normalized spacial score (nSPS) is 40.2. The predicted octanol–water partition coefficient (Wildman–Crippen LogP) is 3.10. The highest BCUT2D eigenvalue weighted by atomic mass is 16.1. The maximum Gasteiger partial charge on any atom is 0.136 e. The van der Waals surface area contributed by atoms with Crippen molar-refractivity contribution in [2.24, 2.45) is 11.3 Å². The van der Waals surface area contributed by atoms with Crippen LogP contribution in [0.3, 0.4) is 0 Å². The van der Waals surface area contributed by atoms with Crippen LogP contribution in [0.2, 0.25) is 0 Å². The Hall–Kier alpha value is -0.590. The van der Waals surface area contributed by atoms with E-state index in [9.17, 15) is 4.79 Å². The number of ketones is 1. The van der Waals surface area contributed by atoms with Crippen LogP contribution >= 0.6 is 0 Å². The van der Waals surface area contributed by atoms with E-state index in [1.54, 1.807) is 0 Å². The highest BCUT2D eigenvalue weighted by Gasteiger charge is 2.44. The van der Waals surface area contributed by atoms with Crippen LogP contribution in [0, 0.1) is 11.3 Å². The first-order valence-corrected chi connectivity index (χ1v) is 5.35. The topological polar surface area (TPSA) is 17.1 Å². The Labute approximate surface area is 80.2 Å². The molecule has 0 unspecified atom stereocenters. The number of fused-ring (bicyclic) bond motifs is 1. The minimum Gasteiger partial charge on any atom is -0.299 e. The summed E-state index contributed by atoms with van der Waals surface area (Å²) in [7, 11) is 0. The van der Waals surface area contributed by atoms with Gasteiger partial charge in [-0.25, -0.2) is 0 Å². The maximum absolute atomic E-state index is 11.7. The molecule has 2 aliphatic carbocycles. The van der Waals surface area contributed by atoms with E-state index >= 15 is 0 Å². The van der Waals surface area contributed by atoms with Gasteiger partial charge in [-0.2, -0.15) is 0 Å². The third-order valence-corrected chi connectivity index (χ3v) is 4.06. The number of hydrogen-bond donors (Lipinski definition) is 0. The van der Waals surface area contributed by atoms with Gasteiger partial charge < -0.3 is 0 Å². The molecule has 0 N–H and O–H groups in total. The van der Waals surface area contributed by atoms with E-state index in [-0.39, 0.29) is 5.41 Å². The summed E-state index contributed by atoms with van der Waals surface area (Å²) < 4.78 is 0. The second-order valence-electron chi connectivity index (χ2n) is 4.79. The Kier molecular flexibility index (Phi) is 2.05. The van der Waals surface area contributed by atoms with Crippen molar-refractivity contribution in [2.45, 2.75) is 45.4 Å². The monoisotopic (exact) mass is 178 g/mol. The van der Waals surface area contributed by atoms with Gasteiger partial charge in [0.25, 0.3) is 0 Å². The lowest BCUT2D eigenvalue weighted by Crippen LogP contribution is -2.41. The van der Waals surface area contributed by atoms with E-state index in [0.29, 0.717) is 11.7 Å². The van der Waals surface area contributed by atoms with E-state index in [0.717, 1.165) is 25.7 Å². The summed E-state index contributed by atoms with van der Waals surface area (Å²) in [5, 5.41) is 0. The zero-order valence-electron chi connectivity index (χ0n) is 8.44. The fourth-order valence-corrected chi connectivity index (χ4v) is 3.04. The van der Waals surface area contributed by atoms with Crippen LogP contribution in [-0.2, 0) is 4.79 Å². The molecule has 0 heterocycles. The standard InChI is InChI=1S/C12H18O/c1-9-5-3-6-10-11(13)7-4-8-12(9,10)2/h10H,1,3-8H2,2H3/t10-,12+/m0/s1. The van der Waals surface area contributed by atoms with Gasteiger partial charge in [-0.1, -0.05) is 19.1 Å². The van der Waals surface area contributed by atoms with Crippen LogP contribution in [0.1, 0.15) is 45.4 Å². The van der Waals surface area contributed by atoms with Crippen LogP contribution in [0.25, 0.3) is 0 Å². The second kappa shape index (κ2) is 2.97. The van der Waals surface area contributed by atoms with Crippen LogP contribution in [0.5, 0.6) is 0 Å². The van der Waals surface area contributed by atoms with E-state index in [1.807, 2.05) is 0 Å². The Bertz CT molecular complexity index is 254. The van der Waals surface area contributed by atoms with Gasteiger partial charge in [0.05, 0.1) is 0 Å². The molecule has 0 amide bonds. The van der Waals surface area contributed by atoms with E-state index in [4.69, 9.17) is 0 Å². The van der Waals surface area contributed by atoms with Gasteiger partial charge in [-0.3, -0.25) is 4.79 Å². The quantitative estimate of drug-likeness (QED) is 0.521. The van der Waals surface area contributed by atoms with Gasteiger partial charge in [0.15, 0.2) is 0 Å². The van der Waals surface area contributed by atoms with Gasteiger partial charge in [-0.15, -0.1) is 0 Å². The zero-order chi connectivity index (χ0) is 9.47. The summed E-state index contributed by atoms with van der Waals surface area (Å²) in [5.74, 6) is 0.803. The van der Waals surface area contributed by atoms with Crippen LogP contribution < -0.4 is 0 Å². The minimum absolute atomic E-state index is 0.160. The molecule has 0 spiro atoms. The number of Topliss-reactive ketones (excluding diaryl/α,β-unsaturated/α-hetero) is 1. The van der Waals surface area contributed by atoms with E-state index in [2.05, 4.69) is 13.5 Å². The molecular formula is C12H18O. The van der Waals surface area contributed by atoms with Gasteiger partial charge in [0.1, 0.15) is 5.78 Å². The molecule has 2 atom stereocenters. The zero-order valence-corrected chi connectivity index (χ0v) is 8.44. The Morgan fingerprint density at radius 1 is 1.38 bits per heavy atom. The number of carbonyl (C=O) groups excluding carboxylic acids is 1. The summed E-state index contributed by atoms with van der Waals surface area (Å²) in [5.41, 5.74) is 1.49. The molecular weight excluding hydrogens is 160 g/mol. The predicted molar refractivity (Wildman–Crippen MR) is 53.4 cm³/mol. The Morgan fingerprint density at radius 2 is 2.15 bits per heavy atom. The average molecular weight is 178 g/mol. The molecule has 0 aromatic carbocycles. The van der Waals surface area contributed by atoms with Crippen LogP contribution in [0.15, 0.2) is 12.2 Å². The molecule has 0 aliphatic heterocycles. The van der Waals surface area contributed by atoms with Gasteiger partial charge in [0.2, 0.25) is 0 Å². The molecule has 0 bridgehead atoms. The van der Waals surface area contributed by atoms with Crippen LogP contribution in [0.4, 0.5) is 0 Å². The third kappa shape index (κ3) is 1.25. The van der Waals surface area contributed by atoms with Crippen molar-refractivity contribution in [2.75, 3.05) is 0 Å². The highest BCUT2D eigenvalue weighted by Crippen LogP contribution is 2.50. The molecule has 1 nitrogen and oxygen atoms in total. The van der Waals surface area contributed by atoms with Crippen molar-refractivity contribution in [1.82, 2.24) is 0 Å². The number of hydrogen-bond acceptors (Lipinski definition) is 1. The highest BCUT2D eigenvalue weighted by molar-refractivity contribution is 5.83. The Balaban J connectivity index is 2.29. The molecule has 2 rings (SSSR count). The van der Waals surface area contributed by atoms with Crippen molar-refractivity contribution in [3.05, 3.63) is 12.2 Å². The third-order valence-electron chi connectivity index (χ3n) is 4.06. The van der Waals surface area contributed by atoms with Crippen molar-refractivity contribution in [3.63, 3.8) is 0 Å². The summed E-state index contributed by atoms with van der Waals surface area (Å²) >= 11 is 0. The first-order valence-electron chi connectivity index (χ1n) is 5.35. The lowest BCUT2D eigenvalue weighted by atomic mass is 9.58. The van der Waals surface area contributed by atoms with Crippen molar-refractivity contribution in [3.8, 4) is 0 Å². The summed E-state index contributed by atoms with van der Waals surface area (Å²) in [6.07, 6.45) is 6.49. The molecule has 2 saturated carbocycles. The minimum atomic E-state index is 0.160. The molecule has 0 aromatic heterocycles.